The molecule has 2 N–H and O–H groups in total. The van der Waals surface area contributed by atoms with Crippen LogP contribution in [0.5, 0.6) is 0 Å². The number of sulfonamides is 1. The van der Waals surface area contributed by atoms with Crippen molar-refractivity contribution in [2.24, 2.45) is 0 Å². The van der Waals surface area contributed by atoms with Gasteiger partial charge in [-0.2, -0.15) is 0 Å². The maximum Gasteiger partial charge on any atom is 0.291 e. The maximum atomic E-state index is 12.4. The molecule has 3 rings (SSSR count). The summed E-state index contributed by atoms with van der Waals surface area (Å²) in [5.74, 6) is -0.585. The van der Waals surface area contributed by atoms with Gasteiger partial charge in [0.25, 0.3) is 15.9 Å². The lowest BCUT2D eigenvalue weighted by Crippen LogP contribution is -2.26. The van der Waals surface area contributed by atoms with Gasteiger partial charge in [-0.25, -0.2) is 13.1 Å². The summed E-state index contributed by atoms with van der Waals surface area (Å²) in [7, 11) is -2.45. The van der Waals surface area contributed by atoms with E-state index in [1.54, 1.807) is 0 Å². The third-order valence-electron chi connectivity index (χ3n) is 4.92. The Labute approximate surface area is 170 Å². The van der Waals surface area contributed by atoms with Crippen LogP contribution < -0.4 is 10.0 Å². The Bertz CT molecular complexity index is 1100. The monoisotopic (exact) mass is 418 g/mol. The highest BCUT2D eigenvalue weighted by atomic mass is 32.2. The van der Waals surface area contributed by atoms with Gasteiger partial charge in [-0.3, -0.25) is 4.79 Å². The van der Waals surface area contributed by atoms with Crippen molar-refractivity contribution in [2.45, 2.75) is 25.5 Å². The number of aromatic nitrogens is 1. The normalized spacial score (nSPS) is 12.0. The third kappa shape index (κ3) is 4.69. The third-order valence-corrected chi connectivity index (χ3v) is 6.21. The first kappa shape index (κ1) is 21.1. The number of carbonyl (C=O) groups is 1. The number of rotatable bonds is 9. The predicted octanol–water partition coefficient (Wildman–Crippen LogP) is 2.74. The van der Waals surface area contributed by atoms with E-state index in [2.05, 4.69) is 33.4 Å². The summed E-state index contributed by atoms with van der Waals surface area (Å²) in [6, 6.07) is 10.3. The van der Waals surface area contributed by atoms with Crippen LogP contribution in [0.2, 0.25) is 0 Å². The van der Waals surface area contributed by atoms with Crippen LogP contribution in [0, 0.1) is 0 Å². The highest BCUT2D eigenvalue weighted by molar-refractivity contribution is 7.89. The molecule has 0 aliphatic rings. The summed E-state index contributed by atoms with van der Waals surface area (Å²) in [5.41, 5.74) is 1.70. The standard InChI is InChI=1S/C20H26N4O4S/c1-4-23(5-2)12-13-24-11-10-15-14-16(6-7-17(15)24)22-20(25)18-8-9-19(28-18)29(26,27)21-3/h6-11,14,21H,4-5,12-13H2,1-3H3,(H,22,25). The van der Waals surface area contributed by atoms with Gasteiger partial charge in [-0.15, -0.1) is 0 Å². The first-order chi connectivity index (χ1) is 13.9. The zero-order valence-corrected chi connectivity index (χ0v) is 17.6. The van der Waals surface area contributed by atoms with E-state index in [4.69, 9.17) is 4.42 Å². The molecule has 9 heteroatoms. The zero-order valence-electron chi connectivity index (χ0n) is 16.8. The molecule has 0 unspecified atom stereocenters. The van der Waals surface area contributed by atoms with E-state index >= 15 is 0 Å². The number of benzene rings is 1. The van der Waals surface area contributed by atoms with Crippen molar-refractivity contribution in [3.05, 3.63) is 48.4 Å². The number of nitrogens with zero attached hydrogens (tertiary/aromatic N) is 2. The molecular formula is C20H26N4O4S. The van der Waals surface area contributed by atoms with Gasteiger partial charge in [-0.1, -0.05) is 13.8 Å². The number of carbonyl (C=O) groups excluding carboxylic acids is 1. The van der Waals surface area contributed by atoms with Crippen molar-refractivity contribution >= 4 is 32.5 Å². The molecule has 2 heterocycles. The topological polar surface area (TPSA) is 96.6 Å². The van der Waals surface area contributed by atoms with E-state index in [-0.39, 0.29) is 10.9 Å². The molecule has 1 amide bonds. The molecule has 156 valence electrons. The van der Waals surface area contributed by atoms with Crippen LogP contribution >= 0.6 is 0 Å². The second-order valence-corrected chi connectivity index (χ2v) is 8.41. The van der Waals surface area contributed by atoms with Crippen LogP contribution in [-0.2, 0) is 16.6 Å². The molecule has 0 saturated carbocycles. The number of hydrogen-bond acceptors (Lipinski definition) is 5. The molecule has 0 spiro atoms. The molecule has 8 nitrogen and oxygen atoms in total. The fourth-order valence-electron chi connectivity index (χ4n) is 3.14. The molecule has 0 bridgehead atoms. The number of hydrogen-bond donors (Lipinski definition) is 2. The van der Waals surface area contributed by atoms with Gasteiger partial charge in [0.2, 0.25) is 5.09 Å². The van der Waals surface area contributed by atoms with Crippen LogP contribution in [0.15, 0.2) is 52.1 Å². The lowest BCUT2D eigenvalue weighted by Gasteiger charge is -2.18. The highest BCUT2D eigenvalue weighted by Gasteiger charge is 2.19. The number of anilines is 1. The summed E-state index contributed by atoms with van der Waals surface area (Å²) in [6.07, 6.45) is 2.04. The predicted molar refractivity (Wildman–Crippen MR) is 113 cm³/mol. The Balaban J connectivity index is 1.72. The van der Waals surface area contributed by atoms with Crippen LogP contribution in [-0.4, -0.2) is 50.5 Å². The molecule has 29 heavy (non-hydrogen) atoms. The summed E-state index contributed by atoms with van der Waals surface area (Å²) in [6.45, 7) is 8.23. The molecular weight excluding hydrogens is 392 g/mol. The first-order valence-electron chi connectivity index (χ1n) is 9.54. The molecule has 0 aliphatic carbocycles. The second kappa shape index (κ2) is 8.81. The van der Waals surface area contributed by atoms with Crippen molar-refractivity contribution in [1.29, 1.82) is 0 Å². The highest BCUT2D eigenvalue weighted by Crippen LogP contribution is 2.22. The first-order valence-corrected chi connectivity index (χ1v) is 11.0. The minimum atomic E-state index is -3.73. The SMILES string of the molecule is CCN(CC)CCn1ccc2cc(NC(=O)c3ccc(S(=O)(=O)NC)o3)ccc21. The van der Waals surface area contributed by atoms with Crippen molar-refractivity contribution in [2.75, 3.05) is 32.0 Å². The largest absolute Gasteiger partial charge is 0.438 e. The maximum absolute atomic E-state index is 12.4. The Morgan fingerprint density at radius 2 is 1.90 bits per heavy atom. The summed E-state index contributed by atoms with van der Waals surface area (Å²) >= 11 is 0. The molecule has 0 aliphatic heterocycles. The van der Waals surface area contributed by atoms with Crippen molar-refractivity contribution in [3.63, 3.8) is 0 Å². The Morgan fingerprint density at radius 3 is 2.59 bits per heavy atom. The molecule has 0 fully saturated rings. The smallest absolute Gasteiger partial charge is 0.291 e. The average molecular weight is 419 g/mol. The summed E-state index contributed by atoms with van der Waals surface area (Å²) in [5, 5.41) is 3.46. The van der Waals surface area contributed by atoms with Crippen molar-refractivity contribution in [3.8, 4) is 0 Å². The van der Waals surface area contributed by atoms with Gasteiger partial charge in [-0.05, 0) is 56.5 Å². The van der Waals surface area contributed by atoms with Gasteiger partial charge in [0.1, 0.15) is 0 Å². The van der Waals surface area contributed by atoms with Gasteiger partial charge in [0.15, 0.2) is 5.76 Å². The quantitative estimate of drug-likeness (QED) is 0.557. The van der Waals surface area contributed by atoms with Crippen LogP contribution in [0.4, 0.5) is 5.69 Å². The fourth-order valence-corrected chi connectivity index (χ4v) is 3.79. The average Bonchev–Trinajstić information content (AvgIpc) is 3.36. The van der Waals surface area contributed by atoms with E-state index < -0.39 is 15.9 Å². The summed E-state index contributed by atoms with van der Waals surface area (Å²) < 4.78 is 33.0. The number of fused-ring (bicyclic) bond motifs is 1. The number of amides is 1. The lowest BCUT2D eigenvalue weighted by molar-refractivity contribution is 0.0991. The molecule has 3 aromatic rings. The van der Waals surface area contributed by atoms with E-state index in [0.717, 1.165) is 37.1 Å². The fraction of sp³-hybridized carbons (Fsp3) is 0.350. The lowest BCUT2D eigenvalue weighted by atomic mass is 10.2. The minimum Gasteiger partial charge on any atom is -0.438 e. The Hall–Kier alpha value is -2.62. The van der Waals surface area contributed by atoms with E-state index in [1.165, 1.54) is 19.2 Å². The molecule has 0 atom stereocenters. The van der Waals surface area contributed by atoms with Crippen LogP contribution in [0.1, 0.15) is 24.4 Å². The van der Waals surface area contributed by atoms with Crippen molar-refractivity contribution < 1.29 is 17.6 Å². The van der Waals surface area contributed by atoms with Gasteiger partial charge >= 0.3 is 0 Å². The molecule has 1 aromatic carbocycles. The van der Waals surface area contributed by atoms with Gasteiger partial charge in [0.05, 0.1) is 0 Å². The summed E-state index contributed by atoms with van der Waals surface area (Å²) in [4.78, 5) is 14.8. The van der Waals surface area contributed by atoms with E-state index in [1.807, 2.05) is 30.5 Å². The van der Waals surface area contributed by atoms with E-state index in [9.17, 15) is 13.2 Å². The number of likely N-dealkylation sites (N-methyl/N-ethyl adjacent to an activating group) is 1. The van der Waals surface area contributed by atoms with Gasteiger partial charge < -0.3 is 19.2 Å². The van der Waals surface area contributed by atoms with Crippen molar-refractivity contribution in [1.82, 2.24) is 14.2 Å². The minimum absolute atomic E-state index is 0.0734. The number of nitrogens with one attached hydrogen (secondary N) is 2. The van der Waals surface area contributed by atoms with Crippen LogP contribution in [0.25, 0.3) is 10.9 Å². The van der Waals surface area contributed by atoms with E-state index in [0.29, 0.717) is 5.69 Å². The van der Waals surface area contributed by atoms with Crippen LogP contribution in [0.3, 0.4) is 0 Å². The molecule has 2 aromatic heterocycles. The Kier molecular flexibility index (Phi) is 6.41. The second-order valence-electron chi connectivity index (χ2n) is 6.59. The Morgan fingerprint density at radius 1 is 1.14 bits per heavy atom. The zero-order chi connectivity index (χ0) is 21.0. The molecule has 0 radical (unpaired) electrons. The van der Waals surface area contributed by atoms with Gasteiger partial charge in [0, 0.05) is 35.9 Å². The molecule has 0 saturated heterocycles. The number of furan rings is 1.